The Hall–Kier alpha value is -2.97. The summed E-state index contributed by atoms with van der Waals surface area (Å²) in [6, 6.07) is 15.4. The Balaban J connectivity index is 1.62. The van der Waals surface area contributed by atoms with Crippen molar-refractivity contribution in [2.75, 3.05) is 11.9 Å². The molecule has 142 valence electrons. The average molecular weight is 411 g/mol. The van der Waals surface area contributed by atoms with Crippen LogP contribution in [0.4, 0.5) is 5.69 Å². The van der Waals surface area contributed by atoms with Crippen molar-refractivity contribution in [3.05, 3.63) is 70.6 Å². The van der Waals surface area contributed by atoms with E-state index in [9.17, 15) is 19.5 Å². The Labute approximate surface area is 171 Å². The lowest BCUT2D eigenvalue weighted by molar-refractivity contribution is -0.254. The number of hydrogen-bond donors (Lipinski definition) is 1. The first-order chi connectivity index (χ1) is 13.5. The van der Waals surface area contributed by atoms with Crippen LogP contribution in [0.1, 0.15) is 22.3 Å². The molecule has 1 aliphatic rings. The predicted octanol–water partition coefficient (Wildman–Crippen LogP) is 2.28. The molecule has 0 unspecified atom stereocenters. The minimum absolute atomic E-state index is 0.0214. The molecular formula is C20H15N2O4S2-. The highest BCUT2D eigenvalue weighted by molar-refractivity contribution is 8.26. The third kappa shape index (κ3) is 4.65. The normalized spacial score (nSPS) is 15.1. The van der Waals surface area contributed by atoms with Gasteiger partial charge in [-0.05, 0) is 17.7 Å². The summed E-state index contributed by atoms with van der Waals surface area (Å²) >= 11 is 6.45. The van der Waals surface area contributed by atoms with Crippen molar-refractivity contribution in [3.63, 3.8) is 0 Å². The molecule has 1 aliphatic heterocycles. The standard InChI is InChI=1S/C20H16N2O4S2/c23-17(21-15-9-5-4-8-14(15)19(25)26)10-11-22-18(24)16(28-20(22)27)12-13-6-2-1-3-7-13/h1-9,12H,10-11H2,(H,21,23)(H,25,26)/p-1/b16-12+. The maximum Gasteiger partial charge on any atom is 0.266 e. The lowest BCUT2D eigenvalue weighted by Gasteiger charge is -2.15. The first-order valence-corrected chi connectivity index (χ1v) is 9.59. The van der Waals surface area contributed by atoms with Gasteiger partial charge in [-0.15, -0.1) is 0 Å². The van der Waals surface area contributed by atoms with Crippen molar-refractivity contribution in [2.45, 2.75) is 6.42 Å². The number of benzene rings is 2. The second kappa shape index (κ2) is 8.81. The topological polar surface area (TPSA) is 89.5 Å². The molecule has 0 atom stereocenters. The van der Waals surface area contributed by atoms with E-state index in [1.54, 1.807) is 18.2 Å². The van der Waals surface area contributed by atoms with Crippen molar-refractivity contribution < 1.29 is 19.5 Å². The van der Waals surface area contributed by atoms with Gasteiger partial charge in [0.25, 0.3) is 5.91 Å². The van der Waals surface area contributed by atoms with E-state index in [0.717, 1.165) is 5.56 Å². The fourth-order valence-corrected chi connectivity index (χ4v) is 3.90. The molecule has 0 spiro atoms. The van der Waals surface area contributed by atoms with E-state index in [0.29, 0.717) is 9.23 Å². The van der Waals surface area contributed by atoms with Crippen LogP contribution in [0.5, 0.6) is 0 Å². The maximum absolute atomic E-state index is 12.6. The minimum atomic E-state index is -1.38. The van der Waals surface area contributed by atoms with Crippen LogP contribution in [-0.4, -0.2) is 33.5 Å². The van der Waals surface area contributed by atoms with E-state index in [1.165, 1.54) is 28.8 Å². The number of amides is 2. The molecule has 0 aliphatic carbocycles. The molecular weight excluding hydrogens is 396 g/mol. The Morgan fingerprint density at radius 3 is 2.50 bits per heavy atom. The third-order valence-electron chi connectivity index (χ3n) is 3.95. The summed E-state index contributed by atoms with van der Waals surface area (Å²) in [5.41, 5.74) is 0.939. The van der Waals surface area contributed by atoms with Gasteiger partial charge >= 0.3 is 0 Å². The molecule has 28 heavy (non-hydrogen) atoms. The number of nitrogens with zero attached hydrogens (tertiary/aromatic N) is 1. The van der Waals surface area contributed by atoms with Crippen LogP contribution in [-0.2, 0) is 9.59 Å². The van der Waals surface area contributed by atoms with Gasteiger partial charge < -0.3 is 15.2 Å². The highest BCUT2D eigenvalue weighted by Gasteiger charge is 2.32. The Morgan fingerprint density at radius 1 is 1.11 bits per heavy atom. The first kappa shape index (κ1) is 19.8. The predicted molar refractivity (Wildman–Crippen MR) is 110 cm³/mol. The molecule has 1 N–H and O–H groups in total. The van der Waals surface area contributed by atoms with E-state index >= 15 is 0 Å². The number of carbonyl (C=O) groups excluding carboxylic acids is 3. The minimum Gasteiger partial charge on any atom is -0.545 e. The summed E-state index contributed by atoms with van der Waals surface area (Å²) in [5.74, 6) is -2.05. The molecule has 0 radical (unpaired) electrons. The summed E-state index contributed by atoms with van der Waals surface area (Å²) in [6.45, 7) is 0.107. The highest BCUT2D eigenvalue weighted by atomic mass is 32.2. The average Bonchev–Trinajstić information content (AvgIpc) is 2.94. The van der Waals surface area contributed by atoms with Crippen molar-refractivity contribution in [3.8, 4) is 0 Å². The van der Waals surface area contributed by atoms with Gasteiger partial charge in [0.2, 0.25) is 5.91 Å². The zero-order chi connectivity index (χ0) is 20.1. The Bertz CT molecular complexity index is 973. The zero-order valence-corrected chi connectivity index (χ0v) is 16.2. The van der Waals surface area contributed by atoms with Gasteiger partial charge in [0, 0.05) is 24.2 Å². The molecule has 6 nitrogen and oxygen atoms in total. The van der Waals surface area contributed by atoms with Crippen LogP contribution in [0.3, 0.4) is 0 Å². The molecule has 3 rings (SSSR count). The number of carboxylic acid groups (broad SMARTS) is 1. The van der Waals surface area contributed by atoms with Crippen molar-refractivity contribution in [1.82, 2.24) is 4.90 Å². The van der Waals surface area contributed by atoms with Gasteiger partial charge in [0.1, 0.15) is 4.32 Å². The number of thiocarbonyl (C=S) groups is 1. The van der Waals surface area contributed by atoms with E-state index < -0.39 is 11.9 Å². The molecule has 1 fully saturated rings. The summed E-state index contributed by atoms with van der Waals surface area (Å²) < 4.78 is 0.384. The van der Waals surface area contributed by atoms with Crippen LogP contribution in [0.25, 0.3) is 6.08 Å². The lowest BCUT2D eigenvalue weighted by atomic mass is 10.1. The number of hydrogen-bond acceptors (Lipinski definition) is 6. The molecule has 1 heterocycles. The van der Waals surface area contributed by atoms with Gasteiger partial charge in [-0.2, -0.15) is 0 Å². The number of nitrogens with one attached hydrogen (secondary N) is 1. The van der Waals surface area contributed by atoms with Gasteiger partial charge in [-0.25, -0.2) is 0 Å². The van der Waals surface area contributed by atoms with Gasteiger partial charge in [-0.1, -0.05) is 72.5 Å². The summed E-state index contributed by atoms with van der Waals surface area (Å²) in [7, 11) is 0. The molecule has 2 aromatic rings. The summed E-state index contributed by atoms with van der Waals surface area (Å²) in [5, 5.41) is 13.6. The van der Waals surface area contributed by atoms with E-state index in [-0.39, 0.29) is 30.1 Å². The van der Waals surface area contributed by atoms with Crippen molar-refractivity contribution >= 4 is 57.8 Å². The van der Waals surface area contributed by atoms with Crippen molar-refractivity contribution in [1.29, 1.82) is 0 Å². The monoisotopic (exact) mass is 411 g/mol. The number of thioether (sulfide) groups is 1. The smallest absolute Gasteiger partial charge is 0.266 e. The van der Waals surface area contributed by atoms with Gasteiger partial charge in [0.15, 0.2) is 0 Å². The van der Waals surface area contributed by atoms with Crippen LogP contribution in [0.15, 0.2) is 59.5 Å². The second-order valence-corrected chi connectivity index (χ2v) is 7.55. The number of carbonyl (C=O) groups is 3. The highest BCUT2D eigenvalue weighted by Crippen LogP contribution is 2.32. The lowest BCUT2D eigenvalue weighted by Crippen LogP contribution is -2.32. The Morgan fingerprint density at radius 2 is 1.79 bits per heavy atom. The fourth-order valence-electron chi connectivity index (χ4n) is 2.59. The van der Waals surface area contributed by atoms with Crippen molar-refractivity contribution in [2.24, 2.45) is 0 Å². The van der Waals surface area contributed by atoms with Crippen LogP contribution < -0.4 is 10.4 Å². The molecule has 0 saturated carbocycles. The molecule has 0 aromatic heterocycles. The quantitative estimate of drug-likeness (QED) is 0.579. The number of anilines is 1. The van der Waals surface area contributed by atoms with Crippen LogP contribution in [0, 0.1) is 0 Å². The number of aromatic carboxylic acids is 1. The van der Waals surface area contributed by atoms with Crippen LogP contribution >= 0.6 is 24.0 Å². The van der Waals surface area contributed by atoms with E-state index in [4.69, 9.17) is 12.2 Å². The fraction of sp³-hybridized carbons (Fsp3) is 0.100. The first-order valence-electron chi connectivity index (χ1n) is 8.36. The molecule has 0 bridgehead atoms. The number of rotatable bonds is 6. The molecule has 2 amide bonds. The van der Waals surface area contributed by atoms with Gasteiger partial charge in [0.05, 0.1) is 10.9 Å². The Kier molecular flexibility index (Phi) is 6.23. The second-order valence-electron chi connectivity index (χ2n) is 5.88. The zero-order valence-electron chi connectivity index (χ0n) is 14.6. The van der Waals surface area contributed by atoms with E-state index in [2.05, 4.69) is 5.32 Å². The summed E-state index contributed by atoms with van der Waals surface area (Å²) in [6.07, 6.45) is 1.74. The molecule has 1 saturated heterocycles. The molecule has 2 aromatic carbocycles. The largest absolute Gasteiger partial charge is 0.545 e. The third-order valence-corrected chi connectivity index (χ3v) is 5.33. The number of carboxylic acids is 1. The number of para-hydroxylation sites is 1. The van der Waals surface area contributed by atoms with Crippen LogP contribution in [0.2, 0.25) is 0 Å². The SMILES string of the molecule is O=C(CCN1C(=O)/C(=C\c2ccccc2)SC1=S)Nc1ccccc1C(=O)[O-]. The molecule has 8 heteroatoms. The summed E-state index contributed by atoms with van der Waals surface area (Å²) in [4.78, 5) is 37.7. The van der Waals surface area contributed by atoms with Gasteiger partial charge in [-0.3, -0.25) is 14.5 Å². The van der Waals surface area contributed by atoms with E-state index in [1.807, 2.05) is 30.3 Å². The maximum atomic E-state index is 12.6.